The van der Waals surface area contributed by atoms with Gasteiger partial charge in [-0.2, -0.15) is 13.2 Å². The average molecular weight is 539 g/mol. The van der Waals surface area contributed by atoms with Gasteiger partial charge < -0.3 is 15.6 Å². The average Bonchev–Trinajstić information content (AvgIpc) is 3.09. The van der Waals surface area contributed by atoms with Gasteiger partial charge in [-0.1, -0.05) is 60.7 Å². The number of amides is 1. The lowest BCUT2D eigenvalue weighted by Gasteiger charge is -2.26. The standard InChI is InChI=1S/C23H18F3N3O2.C2HF3O2/c1-29-20(30)22(28-21(29)27,17-7-3-2-4-8-17)18-9-5-6-16(14-18)15-10-12-19(13-11-15)31-23(24,25)26;3-2(4,5)1(6)7/h2-14H,1H3,(H2,27,28);(H,6,7). The summed E-state index contributed by atoms with van der Waals surface area (Å²) in [5.41, 5.74) is 7.29. The van der Waals surface area contributed by atoms with Crippen molar-refractivity contribution in [1.29, 1.82) is 0 Å². The molecule has 1 aliphatic rings. The van der Waals surface area contributed by atoms with Crippen molar-refractivity contribution in [2.24, 2.45) is 10.7 Å². The number of aliphatic imine (C=N–C) groups is 1. The zero-order valence-corrected chi connectivity index (χ0v) is 19.4. The van der Waals surface area contributed by atoms with Crippen molar-refractivity contribution >= 4 is 17.8 Å². The van der Waals surface area contributed by atoms with Gasteiger partial charge in [0.15, 0.2) is 11.5 Å². The van der Waals surface area contributed by atoms with Crippen LogP contribution < -0.4 is 10.5 Å². The Morgan fingerprint density at radius 1 is 0.895 bits per heavy atom. The van der Waals surface area contributed by atoms with Crippen molar-refractivity contribution in [3.8, 4) is 16.9 Å². The van der Waals surface area contributed by atoms with E-state index in [1.807, 2.05) is 30.3 Å². The number of halogens is 6. The van der Waals surface area contributed by atoms with Crippen LogP contribution in [0.1, 0.15) is 11.1 Å². The highest BCUT2D eigenvalue weighted by Gasteiger charge is 2.49. The largest absolute Gasteiger partial charge is 0.573 e. The third kappa shape index (κ3) is 6.05. The van der Waals surface area contributed by atoms with Crippen LogP contribution in [0, 0.1) is 0 Å². The van der Waals surface area contributed by atoms with Gasteiger partial charge in [-0.3, -0.25) is 9.69 Å². The van der Waals surface area contributed by atoms with Gasteiger partial charge in [-0.25, -0.2) is 9.79 Å². The first-order valence-corrected chi connectivity index (χ1v) is 10.6. The molecular weight excluding hydrogens is 520 g/mol. The summed E-state index contributed by atoms with van der Waals surface area (Å²) >= 11 is 0. The number of alkyl halides is 6. The third-order valence-electron chi connectivity index (χ3n) is 5.38. The predicted molar refractivity (Wildman–Crippen MR) is 124 cm³/mol. The van der Waals surface area contributed by atoms with E-state index >= 15 is 0 Å². The van der Waals surface area contributed by atoms with E-state index in [0.29, 0.717) is 22.3 Å². The number of carbonyl (C=O) groups excluding carboxylic acids is 1. The molecule has 1 heterocycles. The fraction of sp³-hybridized carbons (Fsp3) is 0.160. The van der Waals surface area contributed by atoms with Gasteiger partial charge in [0.2, 0.25) is 0 Å². The summed E-state index contributed by atoms with van der Waals surface area (Å²) in [6, 6.07) is 21.8. The zero-order valence-electron chi connectivity index (χ0n) is 19.4. The fourth-order valence-electron chi connectivity index (χ4n) is 3.64. The molecule has 200 valence electrons. The third-order valence-corrected chi connectivity index (χ3v) is 5.38. The molecule has 0 saturated carbocycles. The van der Waals surface area contributed by atoms with Gasteiger partial charge in [-0.05, 0) is 40.5 Å². The normalized spacial score (nSPS) is 17.4. The molecule has 0 aliphatic carbocycles. The summed E-state index contributed by atoms with van der Waals surface area (Å²) in [5.74, 6) is -3.25. The second kappa shape index (κ2) is 10.4. The Morgan fingerprint density at radius 3 is 1.92 bits per heavy atom. The summed E-state index contributed by atoms with van der Waals surface area (Å²) in [4.78, 5) is 28.0. The van der Waals surface area contributed by atoms with Gasteiger partial charge in [0.05, 0.1) is 0 Å². The number of likely N-dealkylation sites (N-methyl/N-ethyl adjacent to an activating group) is 1. The molecule has 1 atom stereocenters. The van der Waals surface area contributed by atoms with Gasteiger partial charge in [-0.15, -0.1) is 13.2 Å². The number of aliphatic carboxylic acids is 1. The summed E-state index contributed by atoms with van der Waals surface area (Å²) in [6.45, 7) is 0. The Labute approximate surface area is 211 Å². The molecule has 3 aromatic rings. The minimum absolute atomic E-state index is 0.105. The molecule has 0 fully saturated rings. The first-order chi connectivity index (χ1) is 17.6. The van der Waals surface area contributed by atoms with Crippen LogP contribution in [-0.4, -0.2) is 47.4 Å². The molecule has 3 aromatic carbocycles. The van der Waals surface area contributed by atoms with Gasteiger partial charge in [0.1, 0.15) is 5.75 Å². The van der Waals surface area contributed by atoms with Crippen LogP contribution in [0.15, 0.2) is 83.9 Å². The minimum Gasteiger partial charge on any atom is -0.475 e. The fourth-order valence-corrected chi connectivity index (χ4v) is 3.64. The maximum atomic E-state index is 13.3. The second-order valence-electron chi connectivity index (χ2n) is 7.87. The van der Waals surface area contributed by atoms with Gasteiger partial charge >= 0.3 is 18.5 Å². The molecule has 1 amide bonds. The number of carbonyl (C=O) groups is 2. The Hall–Kier alpha value is -4.55. The Kier molecular flexibility index (Phi) is 7.70. The van der Waals surface area contributed by atoms with E-state index < -0.39 is 24.0 Å². The molecule has 0 radical (unpaired) electrons. The van der Waals surface area contributed by atoms with Gasteiger partial charge in [0.25, 0.3) is 5.91 Å². The van der Waals surface area contributed by atoms with Crippen molar-refractivity contribution in [1.82, 2.24) is 4.90 Å². The maximum absolute atomic E-state index is 13.3. The van der Waals surface area contributed by atoms with Crippen LogP contribution in [0.2, 0.25) is 0 Å². The molecule has 13 heteroatoms. The Morgan fingerprint density at radius 2 is 1.45 bits per heavy atom. The van der Waals surface area contributed by atoms with E-state index in [4.69, 9.17) is 15.6 Å². The quantitative estimate of drug-likeness (QED) is 0.459. The molecular formula is C25H19F6N3O4. The van der Waals surface area contributed by atoms with Crippen LogP contribution >= 0.6 is 0 Å². The highest BCUT2D eigenvalue weighted by Crippen LogP contribution is 2.40. The molecule has 38 heavy (non-hydrogen) atoms. The zero-order chi connectivity index (χ0) is 28.3. The van der Waals surface area contributed by atoms with E-state index in [0.717, 1.165) is 0 Å². The lowest BCUT2D eigenvalue weighted by molar-refractivity contribution is -0.274. The lowest BCUT2D eigenvalue weighted by atomic mass is 9.82. The van der Waals surface area contributed by atoms with E-state index in [9.17, 15) is 31.1 Å². The Bertz CT molecular complexity index is 1340. The van der Waals surface area contributed by atoms with Crippen molar-refractivity contribution in [2.45, 2.75) is 18.1 Å². The molecule has 3 N–H and O–H groups in total. The number of nitrogens with two attached hydrogens (primary N) is 1. The highest BCUT2D eigenvalue weighted by atomic mass is 19.4. The summed E-state index contributed by atoms with van der Waals surface area (Å²) in [6.07, 6.45) is -9.84. The van der Waals surface area contributed by atoms with Crippen LogP contribution in [-0.2, 0) is 15.1 Å². The molecule has 1 aliphatic heterocycles. The number of carboxylic acids is 1. The first kappa shape index (κ1) is 28.0. The van der Waals surface area contributed by atoms with Crippen LogP contribution in [0.3, 0.4) is 0 Å². The van der Waals surface area contributed by atoms with Crippen molar-refractivity contribution < 1.29 is 45.8 Å². The lowest BCUT2D eigenvalue weighted by Crippen LogP contribution is -2.41. The molecule has 4 rings (SSSR count). The number of carboxylic acid groups (broad SMARTS) is 1. The van der Waals surface area contributed by atoms with Crippen LogP contribution in [0.5, 0.6) is 5.75 Å². The van der Waals surface area contributed by atoms with Crippen molar-refractivity contribution in [2.75, 3.05) is 7.05 Å². The molecule has 0 aromatic heterocycles. The molecule has 7 nitrogen and oxygen atoms in total. The van der Waals surface area contributed by atoms with Crippen LogP contribution in [0.25, 0.3) is 11.1 Å². The highest BCUT2D eigenvalue weighted by molar-refractivity contribution is 6.09. The molecule has 1 unspecified atom stereocenters. The summed E-state index contributed by atoms with van der Waals surface area (Å²) < 4.78 is 72.9. The van der Waals surface area contributed by atoms with E-state index in [1.165, 1.54) is 29.2 Å². The monoisotopic (exact) mass is 539 g/mol. The topological polar surface area (TPSA) is 105 Å². The smallest absolute Gasteiger partial charge is 0.475 e. The van der Waals surface area contributed by atoms with Crippen molar-refractivity contribution in [3.05, 3.63) is 90.0 Å². The predicted octanol–water partition coefficient (Wildman–Crippen LogP) is 4.92. The van der Waals surface area contributed by atoms with Crippen LogP contribution in [0.4, 0.5) is 26.3 Å². The van der Waals surface area contributed by atoms with E-state index in [1.54, 1.807) is 31.3 Å². The minimum atomic E-state index is -5.08. The number of hydrogen-bond donors (Lipinski definition) is 2. The second-order valence-corrected chi connectivity index (χ2v) is 7.87. The summed E-state index contributed by atoms with van der Waals surface area (Å²) in [7, 11) is 1.56. The molecule has 0 bridgehead atoms. The van der Waals surface area contributed by atoms with E-state index in [-0.39, 0.29) is 17.6 Å². The number of benzene rings is 3. The number of ether oxygens (including phenoxy) is 1. The SMILES string of the molecule is CN1C(=O)C(c2ccccc2)(c2cccc(-c3ccc(OC(F)(F)F)cc3)c2)N=C1N.O=C(O)C(F)(F)F. The van der Waals surface area contributed by atoms with E-state index in [2.05, 4.69) is 9.73 Å². The Balaban J connectivity index is 0.000000505. The number of guanidine groups is 1. The number of rotatable bonds is 4. The number of nitrogens with zero attached hydrogens (tertiary/aromatic N) is 2. The van der Waals surface area contributed by atoms with Crippen molar-refractivity contribution in [3.63, 3.8) is 0 Å². The van der Waals surface area contributed by atoms with Gasteiger partial charge in [0, 0.05) is 7.05 Å². The maximum Gasteiger partial charge on any atom is 0.573 e. The first-order valence-electron chi connectivity index (χ1n) is 10.6. The number of hydrogen-bond acceptors (Lipinski definition) is 5. The summed E-state index contributed by atoms with van der Waals surface area (Å²) in [5, 5.41) is 7.12. The molecule has 0 spiro atoms. The molecule has 0 saturated heterocycles.